The molecule has 1 aromatic heterocycles. The number of benzene rings is 1. The van der Waals surface area contributed by atoms with Gasteiger partial charge in [0.2, 0.25) is 0 Å². The van der Waals surface area contributed by atoms with Crippen LogP contribution in [-0.2, 0) is 4.79 Å². The summed E-state index contributed by atoms with van der Waals surface area (Å²) in [5.74, 6) is 0.290. The van der Waals surface area contributed by atoms with Crippen molar-refractivity contribution in [2.24, 2.45) is 0 Å². The molecular weight excluding hydrogens is 278 g/mol. The lowest BCUT2D eigenvalue weighted by atomic mass is 9.92. The molecule has 2 rings (SSSR count). The van der Waals surface area contributed by atoms with Crippen LogP contribution in [0.25, 0.3) is 10.9 Å². The quantitative estimate of drug-likeness (QED) is 0.656. The maximum absolute atomic E-state index is 10.8. The van der Waals surface area contributed by atoms with Crippen LogP contribution in [0.3, 0.4) is 0 Å². The smallest absolute Gasteiger partial charge is 0.120 e. The van der Waals surface area contributed by atoms with Crippen LogP contribution in [0.5, 0.6) is 0 Å². The zero-order valence-corrected chi connectivity index (χ0v) is 11.4. The molecule has 1 aromatic carbocycles. The van der Waals surface area contributed by atoms with Crippen molar-refractivity contribution < 1.29 is 4.79 Å². The predicted octanol–water partition coefficient (Wildman–Crippen LogP) is 4.01. The van der Waals surface area contributed by atoms with Crippen LogP contribution in [0.15, 0.2) is 30.5 Å². The van der Waals surface area contributed by atoms with Gasteiger partial charge < -0.3 is 9.78 Å². The Labute approximate surface area is 110 Å². The highest BCUT2D eigenvalue weighted by Crippen LogP contribution is 2.31. The van der Waals surface area contributed by atoms with Gasteiger partial charge in [-0.3, -0.25) is 0 Å². The van der Waals surface area contributed by atoms with Crippen molar-refractivity contribution in [2.75, 3.05) is 0 Å². The molecule has 2 nitrogen and oxygen atoms in total. The lowest BCUT2D eigenvalue weighted by molar-refractivity contribution is -0.108. The van der Waals surface area contributed by atoms with Gasteiger partial charge in [-0.1, -0.05) is 41.1 Å². The highest BCUT2D eigenvalue weighted by atomic mass is 79.9. The third-order valence-corrected chi connectivity index (χ3v) is 3.42. The summed E-state index contributed by atoms with van der Waals surface area (Å²) in [5, 5.41) is 1.23. The molecule has 2 atom stereocenters. The molecule has 0 aliphatic carbocycles. The van der Waals surface area contributed by atoms with E-state index in [0.29, 0.717) is 11.2 Å². The highest BCUT2D eigenvalue weighted by Gasteiger charge is 2.17. The molecular formula is C14H16BrNO. The second-order valence-electron chi connectivity index (χ2n) is 4.41. The first-order valence-electron chi connectivity index (χ1n) is 5.86. The third-order valence-electron chi connectivity index (χ3n) is 3.05. The SMILES string of the molecule is CC(Br)C[C@H](CC=O)c1c[nH]c2ccccc12. The van der Waals surface area contributed by atoms with Crippen molar-refractivity contribution >= 4 is 33.1 Å². The molecule has 0 spiro atoms. The summed E-state index contributed by atoms with van der Waals surface area (Å²) in [6, 6.07) is 8.23. The van der Waals surface area contributed by atoms with Crippen LogP contribution < -0.4 is 0 Å². The van der Waals surface area contributed by atoms with Crippen LogP contribution in [-0.4, -0.2) is 16.1 Å². The van der Waals surface area contributed by atoms with Gasteiger partial charge in [0.15, 0.2) is 0 Å². The van der Waals surface area contributed by atoms with Gasteiger partial charge in [-0.05, 0) is 24.0 Å². The molecule has 0 amide bonds. The second kappa shape index (κ2) is 5.50. The van der Waals surface area contributed by atoms with Gasteiger partial charge in [0.05, 0.1) is 0 Å². The van der Waals surface area contributed by atoms with E-state index in [4.69, 9.17) is 0 Å². The van der Waals surface area contributed by atoms with Gasteiger partial charge in [-0.25, -0.2) is 0 Å². The molecule has 0 saturated carbocycles. The highest BCUT2D eigenvalue weighted by molar-refractivity contribution is 9.09. The topological polar surface area (TPSA) is 32.9 Å². The second-order valence-corrected chi connectivity index (χ2v) is 5.97. The molecule has 3 heteroatoms. The number of hydrogen-bond donors (Lipinski definition) is 1. The molecule has 0 aliphatic rings. The molecule has 90 valence electrons. The van der Waals surface area contributed by atoms with Crippen LogP contribution in [0.4, 0.5) is 0 Å². The summed E-state index contributed by atoms with van der Waals surface area (Å²) < 4.78 is 0. The Morgan fingerprint density at radius 2 is 2.18 bits per heavy atom. The largest absolute Gasteiger partial charge is 0.361 e. The number of nitrogens with one attached hydrogen (secondary N) is 1. The van der Waals surface area contributed by atoms with E-state index in [1.165, 1.54) is 10.9 Å². The Morgan fingerprint density at radius 1 is 1.41 bits per heavy atom. The van der Waals surface area contributed by atoms with Gasteiger partial charge in [0.1, 0.15) is 6.29 Å². The minimum atomic E-state index is 0.290. The zero-order chi connectivity index (χ0) is 12.3. The maximum atomic E-state index is 10.8. The molecule has 1 unspecified atom stereocenters. The van der Waals surface area contributed by atoms with Crippen molar-refractivity contribution in [3.63, 3.8) is 0 Å². The average Bonchev–Trinajstić information content (AvgIpc) is 2.71. The molecule has 0 fully saturated rings. The minimum absolute atomic E-state index is 0.290. The van der Waals surface area contributed by atoms with Crippen molar-refractivity contribution in [1.29, 1.82) is 0 Å². The number of aromatic amines is 1. The van der Waals surface area contributed by atoms with E-state index in [1.54, 1.807) is 0 Å². The summed E-state index contributed by atoms with van der Waals surface area (Å²) in [6.45, 7) is 2.12. The summed E-state index contributed by atoms with van der Waals surface area (Å²) in [4.78, 5) is 14.5. The van der Waals surface area contributed by atoms with E-state index < -0.39 is 0 Å². The van der Waals surface area contributed by atoms with Crippen molar-refractivity contribution in [2.45, 2.75) is 30.5 Å². The van der Waals surface area contributed by atoms with Gasteiger partial charge in [-0.2, -0.15) is 0 Å². The first-order chi connectivity index (χ1) is 8.22. The van der Waals surface area contributed by atoms with Crippen molar-refractivity contribution in [3.8, 4) is 0 Å². The van der Waals surface area contributed by atoms with Crippen LogP contribution in [0.2, 0.25) is 0 Å². The molecule has 17 heavy (non-hydrogen) atoms. The average molecular weight is 294 g/mol. The number of carbonyl (C=O) groups is 1. The summed E-state index contributed by atoms with van der Waals surface area (Å²) in [7, 11) is 0. The number of fused-ring (bicyclic) bond motifs is 1. The Morgan fingerprint density at radius 3 is 2.88 bits per heavy atom. The Bertz CT molecular complexity index is 504. The van der Waals surface area contributed by atoms with Crippen LogP contribution in [0.1, 0.15) is 31.2 Å². The third kappa shape index (κ3) is 2.78. The molecule has 2 aromatic rings. The minimum Gasteiger partial charge on any atom is -0.361 e. The monoisotopic (exact) mass is 293 g/mol. The van der Waals surface area contributed by atoms with E-state index in [9.17, 15) is 4.79 Å². The lowest BCUT2D eigenvalue weighted by Gasteiger charge is -2.15. The first-order valence-corrected chi connectivity index (χ1v) is 6.77. The van der Waals surface area contributed by atoms with Gasteiger partial charge in [-0.15, -0.1) is 0 Å². The number of rotatable bonds is 5. The van der Waals surface area contributed by atoms with Crippen LogP contribution >= 0.6 is 15.9 Å². The molecule has 1 N–H and O–H groups in total. The normalized spacial score (nSPS) is 14.7. The molecule has 0 saturated heterocycles. The van der Waals surface area contributed by atoms with E-state index in [2.05, 4.69) is 40.0 Å². The van der Waals surface area contributed by atoms with E-state index >= 15 is 0 Å². The number of H-pyrrole nitrogens is 1. The number of halogens is 1. The number of carbonyl (C=O) groups excluding carboxylic acids is 1. The number of para-hydroxylation sites is 1. The summed E-state index contributed by atoms with van der Waals surface area (Å²) >= 11 is 3.57. The molecule has 0 bridgehead atoms. The fourth-order valence-electron chi connectivity index (χ4n) is 2.29. The first kappa shape index (κ1) is 12.4. The standard InChI is InChI=1S/C14H16BrNO/c1-10(15)8-11(6-7-17)13-9-16-14-5-3-2-4-12(13)14/h2-5,7,9-11,16H,6,8H2,1H3/t10?,11-/m0/s1. The Kier molecular flexibility index (Phi) is 4.00. The predicted molar refractivity (Wildman–Crippen MR) is 74.7 cm³/mol. The maximum Gasteiger partial charge on any atom is 0.120 e. The van der Waals surface area contributed by atoms with Crippen molar-refractivity contribution in [3.05, 3.63) is 36.0 Å². The Balaban J connectivity index is 2.37. The number of alkyl halides is 1. The lowest BCUT2D eigenvalue weighted by Crippen LogP contribution is -2.04. The number of hydrogen-bond acceptors (Lipinski definition) is 1. The van der Waals surface area contributed by atoms with Gasteiger partial charge >= 0.3 is 0 Å². The van der Waals surface area contributed by atoms with E-state index in [1.807, 2.05) is 18.3 Å². The van der Waals surface area contributed by atoms with Gasteiger partial charge in [0.25, 0.3) is 0 Å². The molecule has 0 aliphatic heterocycles. The number of aldehydes is 1. The van der Waals surface area contributed by atoms with Crippen molar-refractivity contribution in [1.82, 2.24) is 4.98 Å². The summed E-state index contributed by atoms with van der Waals surface area (Å²) in [5.41, 5.74) is 2.39. The fraction of sp³-hybridized carbons (Fsp3) is 0.357. The molecule has 1 heterocycles. The zero-order valence-electron chi connectivity index (χ0n) is 9.82. The molecule has 0 radical (unpaired) electrons. The van der Waals surface area contributed by atoms with Gasteiger partial charge in [0, 0.05) is 28.3 Å². The van der Waals surface area contributed by atoms with Crippen LogP contribution in [0, 0.1) is 0 Å². The number of aromatic nitrogens is 1. The van der Waals surface area contributed by atoms with E-state index in [0.717, 1.165) is 18.2 Å². The Hall–Kier alpha value is -1.09. The van der Waals surface area contributed by atoms with E-state index in [-0.39, 0.29) is 5.92 Å². The summed E-state index contributed by atoms with van der Waals surface area (Å²) in [6.07, 6.45) is 4.61. The fourth-order valence-corrected chi connectivity index (χ4v) is 2.74.